The van der Waals surface area contributed by atoms with Crippen LogP contribution >= 0.6 is 0 Å². The van der Waals surface area contributed by atoms with E-state index < -0.39 is 5.41 Å². The van der Waals surface area contributed by atoms with Crippen molar-refractivity contribution in [3.05, 3.63) is 35.6 Å². The zero-order chi connectivity index (χ0) is 20.0. The van der Waals surface area contributed by atoms with E-state index in [4.69, 9.17) is 9.57 Å². The summed E-state index contributed by atoms with van der Waals surface area (Å²) in [5.41, 5.74) is 0.0838. The second-order valence-electron chi connectivity index (χ2n) is 7.59. The molecule has 6 nitrogen and oxygen atoms in total. The molecule has 2 heterocycles. The molecule has 1 aromatic carbocycles. The van der Waals surface area contributed by atoms with Crippen LogP contribution in [0.3, 0.4) is 0 Å². The molecule has 0 unspecified atom stereocenters. The highest BCUT2D eigenvalue weighted by Crippen LogP contribution is 2.35. The van der Waals surface area contributed by atoms with Gasteiger partial charge in [0.2, 0.25) is 5.91 Å². The fraction of sp³-hybridized carbons (Fsp3) is 0.619. The Morgan fingerprint density at radius 3 is 2.68 bits per heavy atom. The molecule has 2 aliphatic rings. The minimum Gasteiger partial charge on any atom is -0.466 e. The number of carbonyl (C=O) groups is 2. The molecule has 0 spiro atoms. The molecule has 0 bridgehead atoms. The van der Waals surface area contributed by atoms with Crippen molar-refractivity contribution < 1.29 is 23.6 Å². The number of esters is 1. The smallest absolute Gasteiger partial charge is 0.314 e. The average Bonchev–Trinajstić information content (AvgIpc) is 3.22. The van der Waals surface area contributed by atoms with Crippen LogP contribution in [-0.4, -0.2) is 61.2 Å². The number of piperidine rings is 1. The SMILES string of the molecule is CCOC(=O)[C@@]1(Cc2ccc(F)cc2)CCCN(C(=O)CCN2CCCO2)C1. The van der Waals surface area contributed by atoms with Crippen molar-refractivity contribution >= 4 is 11.9 Å². The van der Waals surface area contributed by atoms with Gasteiger partial charge in [-0.25, -0.2) is 4.39 Å². The Labute approximate surface area is 165 Å². The molecule has 154 valence electrons. The first-order valence-electron chi connectivity index (χ1n) is 10.1. The van der Waals surface area contributed by atoms with E-state index in [2.05, 4.69) is 0 Å². The van der Waals surface area contributed by atoms with Crippen LogP contribution in [0.1, 0.15) is 38.2 Å². The van der Waals surface area contributed by atoms with Gasteiger partial charge in [0.05, 0.1) is 18.6 Å². The molecule has 1 atom stereocenters. The minimum absolute atomic E-state index is 0.0305. The summed E-state index contributed by atoms with van der Waals surface area (Å²) in [5.74, 6) is -0.554. The number of amides is 1. The van der Waals surface area contributed by atoms with E-state index in [9.17, 15) is 14.0 Å². The molecular weight excluding hydrogens is 363 g/mol. The van der Waals surface area contributed by atoms with E-state index in [-0.39, 0.29) is 17.7 Å². The summed E-state index contributed by atoms with van der Waals surface area (Å²) in [6.07, 6.45) is 3.19. The molecule has 28 heavy (non-hydrogen) atoms. The highest BCUT2D eigenvalue weighted by molar-refractivity contribution is 5.81. The molecule has 0 N–H and O–H groups in total. The predicted molar refractivity (Wildman–Crippen MR) is 102 cm³/mol. The molecule has 1 aromatic rings. The first-order valence-corrected chi connectivity index (χ1v) is 10.1. The number of ether oxygens (including phenoxy) is 1. The Morgan fingerprint density at radius 2 is 2.00 bits per heavy atom. The van der Waals surface area contributed by atoms with Crippen molar-refractivity contribution in [3.63, 3.8) is 0 Å². The quantitative estimate of drug-likeness (QED) is 0.668. The van der Waals surface area contributed by atoms with E-state index in [0.29, 0.717) is 52.1 Å². The van der Waals surface area contributed by atoms with Crippen molar-refractivity contribution in [3.8, 4) is 0 Å². The zero-order valence-corrected chi connectivity index (χ0v) is 16.5. The van der Waals surface area contributed by atoms with Gasteiger partial charge >= 0.3 is 5.97 Å². The molecule has 0 aliphatic carbocycles. The lowest BCUT2D eigenvalue weighted by molar-refractivity contribution is -0.161. The third-order valence-electron chi connectivity index (χ3n) is 5.49. The van der Waals surface area contributed by atoms with Gasteiger partial charge in [0.1, 0.15) is 5.82 Å². The van der Waals surface area contributed by atoms with E-state index in [0.717, 1.165) is 24.9 Å². The van der Waals surface area contributed by atoms with Gasteiger partial charge in [0.15, 0.2) is 0 Å². The largest absolute Gasteiger partial charge is 0.466 e. The van der Waals surface area contributed by atoms with Crippen LogP contribution in [-0.2, 0) is 25.6 Å². The van der Waals surface area contributed by atoms with Gasteiger partial charge in [-0.1, -0.05) is 12.1 Å². The van der Waals surface area contributed by atoms with Gasteiger partial charge in [0, 0.05) is 32.6 Å². The number of benzene rings is 1. The van der Waals surface area contributed by atoms with Crippen LogP contribution in [0.25, 0.3) is 0 Å². The summed E-state index contributed by atoms with van der Waals surface area (Å²) >= 11 is 0. The molecular formula is C21H29FN2O4. The Balaban J connectivity index is 1.70. The van der Waals surface area contributed by atoms with Crippen molar-refractivity contribution in [2.75, 3.05) is 39.4 Å². The zero-order valence-electron chi connectivity index (χ0n) is 16.5. The van der Waals surface area contributed by atoms with Crippen LogP contribution in [0.5, 0.6) is 0 Å². The standard InChI is InChI=1S/C21H29FN2O4/c1-2-27-20(26)21(15-17-5-7-18(22)8-6-17)10-3-11-23(16-21)19(25)9-13-24-12-4-14-28-24/h5-8H,2-4,9-16H2,1H3/t21-/m1/s1. The normalized spacial score (nSPS) is 23.0. The second kappa shape index (κ2) is 9.47. The van der Waals surface area contributed by atoms with Crippen LogP contribution in [0, 0.1) is 11.2 Å². The van der Waals surface area contributed by atoms with Gasteiger partial charge in [-0.3, -0.25) is 14.4 Å². The van der Waals surface area contributed by atoms with Crippen LogP contribution in [0.4, 0.5) is 4.39 Å². The number of carbonyl (C=O) groups excluding carboxylic acids is 2. The van der Waals surface area contributed by atoms with E-state index in [1.165, 1.54) is 12.1 Å². The van der Waals surface area contributed by atoms with Crippen molar-refractivity contribution in [2.24, 2.45) is 5.41 Å². The van der Waals surface area contributed by atoms with Gasteiger partial charge in [-0.05, 0) is 50.3 Å². The molecule has 0 aromatic heterocycles. The summed E-state index contributed by atoms with van der Waals surface area (Å²) < 4.78 is 18.6. The molecule has 7 heteroatoms. The third-order valence-corrected chi connectivity index (χ3v) is 5.49. The highest BCUT2D eigenvalue weighted by Gasteiger charge is 2.44. The Hall–Kier alpha value is -1.99. The first-order chi connectivity index (χ1) is 13.5. The van der Waals surface area contributed by atoms with Gasteiger partial charge in [0.25, 0.3) is 0 Å². The van der Waals surface area contributed by atoms with Gasteiger partial charge in [-0.2, -0.15) is 5.06 Å². The summed E-state index contributed by atoms with van der Waals surface area (Å²) in [7, 11) is 0. The number of nitrogens with zero attached hydrogens (tertiary/aromatic N) is 2. The van der Waals surface area contributed by atoms with Crippen LogP contribution < -0.4 is 0 Å². The Kier molecular flexibility index (Phi) is 7.02. The maximum atomic E-state index is 13.3. The predicted octanol–water partition coefficient (Wildman–Crippen LogP) is 2.57. The van der Waals surface area contributed by atoms with E-state index in [1.54, 1.807) is 24.0 Å². The maximum absolute atomic E-state index is 13.3. The number of hydrogen-bond acceptors (Lipinski definition) is 5. The lowest BCUT2D eigenvalue weighted by atomic mass is 9.75. The number of hydrogen-bond donors (Lipinski definition) is 0. The first kappa shape index (κ1) is 20.7. The highest BCUT2D eigenvalue weighted by atomic mass is 19.1. The lowest BCUT2D eigenvalue weighted by Gasteiger charge is -2.41. The Bertz CT molecular complexity index is 675. The number of rotatable bonds is 7. The topological polar surface area (TPSA) is 59.1 Å². The average molecular weight is 392 g/mol. The molecule has 0 saturated carbocycles. The van der Waals surface area contributed by atoms with E-state index >= 15 is 0 Å². The summed E-state index contributed by atoms with van der Waals surface area (Å²) in [6.45, 7) is 5.19. The molecule has 2 fully saturated rings. The lowest BCUT2D eigenvalue weighted by Crippen LogP contribution is -2.52. The summed E-state index contributed by atoms with van der Waals surface area (Å²) in [5, 5.41) is 1.83. The maximum Gasteiger partial charge on any atom is 0.314 e. The fourth-order valence-electron chi connectivity index (χ4n) is 4.06. The number of hydroxylamine groups is 2. The van der Waals surface area contributed by atoms with Crippen molar-refractivity contribution in [1.82, 2.24) is 9.96 Å². The van der Waals surface area contributed by atoms with E-state index in [1.807, 2.05) is 5.06 Å². The number of halogens is 1. The van der Waals surface area contributed by atoms with Gasteiger partial charge in [-0.15, -0.1) is 0 Å². The fourth-order valence-corrected chi connectivity index (χ4v) is 4.06. The van der Waals surface area contributed by atoms with Crippen LogP contribution in [0.2, 0.25) is 0 Å². The minimum atomic E-state index is -0.786. The number of likely N-dealkylation sites (tertiary alicyclic amines) is 1. The molecule has 3 rings (SSSR count). The Morgan fingerprint density at radius 1 is 1.21 bits per heavy atom. The summed E-state index contributed by atoms with van der Waals surface area (Å²) in [6, 6.07) is 6.19. The second-order valence-corrected chi connectivity index (χ2v) is 7.59. The van der Waals surface area contributed by atoms with Gasteiger partial charge < -0.3 is 9.64 Å². The van der Waals surface area contributed by atoms with Crippen molar-refractivity contribution in [1.29, 1.82) is 0 Å². The molecule has 1 amide bonds. The molecule has 2 aliphatic heterocycles. The van der Waals surface area contributed by atoms with Crippen molar-refractivity contribution in [2.45, 2.75) is 39.0 Å². The molecule has 2 saturated heterocycles. The third kappa shape index (κ3) is 5.08. The summed E-state index contributed by atoms with van der Waals surface area (Å²) in [4.78, 5) is 32.9. The van der Waals surface area contributed by atoms with Crippen LogP contribution in [0.15, 0.2) is 24.3 Å². The monoisotopic (exact) mass is 392 g/mol. The molecule has 0 radical (unpaired) electrons.